The van der Waals surface area contributed by atoms with Crippen LogP contribution < -0.4 is 0 Å². The topological polar surface area (TPSA) is 28.7 Å². The summed E-state index contributed by atoms with van der Waals surface area (Å²) in [6, 6.07) is 3.93. The van der Waals surface area contributed by atoms with Crippen molar-refractivity contribution in [2.45, 2.75) is 6.42 Å². The predicted octanol–water partition coefficient (Wildman–Crippen LogP) is 2.23. The van der Waals surface area contributed by atoms with Crippen LogP contribution in [-0.4, -0.2) is 15.7 Å². The van der Waals surface area contributed by atoms with Gasteiger partial charge in [-0.05, 0) is 12.1 Å². The van der Waals surface area contributed by atoms with Crippen LogP contribution in [0.4, 0.5) is 0 Å². The standard InChI is InChI=1S/C11H10N2S/c14-7-2-1-4-9-8-13-11-10(9)5-3-6-12-11/h3,5-6,8,14H,2,7H2,(H,12,13). The highest BCUT2D eigenvalue weighted by molar-refractivity contribution is 7.80. The van der Waals surface area contributed by atoms with E-state index in [1.807, 2.05) is 18.3 Å². The van der Waals surface area contributed by atoms with Gasteiger partial charge in [0.05, 0.1) is 5.56 Å². The van der Waals surface area contributed by atoms with Gasteiger partial charge in [0.2, 0.25) is 0 Å². The van der Waals surface area contributed by atoms with Gasteiger partial charge in [0.1, 0.15) is 5.65 Å². The molecule has 3 heteroatoms. The van der Waals surface area contributed by atoms with Gasteiger partial charge in [0, 0.05) is 30.0 Å². The molecule has 0 amide bonds. The molecule has 2 heterocycles. The van der Waals surface area contributed by atoms with Gasteiger partial charge in [-0.1, -0.05) is 11.8 Å². The maximum atomic E-state index is 4.19. The predicted molar refractivity (Wildman–Crippen MR) is 61.4 cm³/mol. The second kappa shape index (κ2) is 4.21. The van der Waals surface area contributed by atoms with Crippen molar-refractivity contribution in [3.63, 3.8) is 0 Å². The normalized spacial score (nSPS) is 9.79. The van der Waals surface area contributed by atoms with E-state index in [1.54, 1.807) is 6.20 Å². The molecular weight excluding hydrogens is 192 g/mol. The number of rotatable bonds is 1. The van der Waals surface area contributed by atoms with Crippen LogP contribution in [0.5, 0.6) is 0 Å². The van der Waals surface area contributed by atoms with Crippen LogP contribution in [0.1, 0.15) is 12.0 Å². The first kappa shape index (κ1) is 9.17. The summed E-state index contributed by atoms with van der Waals surface area (Å²) in [5.74, 6) is 6.95. The van der Waals surface area contributed by atoms with Gasteiger partial charge >= 0.3 is 0 Å². The fourth-order valence-electron chi connectivity index (χ4n) is 1.27. The molecule has 0 aliphatic heterocycles. The van der Waals surface area contributed by atoms with Gasteiger partial charge in [0.25, 0.3) is 0 Å². The van der Waals surface area contributed by atoms with Crippen LogP contribution in [0.2, 0.25) is 0 Å². The lowest BCUT2D eigenvalue weighted by Gasteiger charge is -1.86. The fourth-order valence-corrected chi connectivity index (χ4v) is 1.38. The first-order valence-electron chi connectivity index (χ1n) is 4.43. The Bertz CT molecular complexity index is 490. The number of thiol groups is 1. The Balaban J connectivity index is 2.40. The summed E-state index contributed by atoms with van der Waals surface area (Å²) in [5, 5.41) is 1.08. The Morgan fingerprint density at radius 1 is 1.50 bits per heavy atom. The van der Waals surface area contributed by atoms with E-state index in [4.69, 9.17) is 0 Å². The highest BCUT2D eigenvalue weighted by Gasteiger charge is 1.99. The van der Waals surface area contributed by atoms with Gasteiger partial charge in [-0.15, -0.1) is 0 Å². The van der Waals surface area contributed by atoms with Crippen molar-refractivity contribution in [2.24, 2.45) is 0 Å². The summed E-state index contributed by atoms with van der Waals surface area (Å²) in [6.45, 7) is 0. The lowest BCUT2D eigenvalue weighted by Crippen LogP contribution is -1.74. The molecule has 0 aromatic carbocycles. The Hall–Kier alpha value is -1.40. The molecule has 2 rings (SSSR count). The van der Waals surface area contributed by atoms with E-state index in [-0.39, 0.29) is 0 Å². The Labute approximate surface area is 88.2 Å². The van der Waals surface area contributed by atoms with Gasteiger partial charge in [-0.25, -0.2) is 4.98 Å². The SMILES string of the molecule is SCCC#Cc1c[nH]c2ncccc12. The van der Waals surface area contributed by atoms with Gasteiger partial charge in [0.15, 0.2) is 0 Å². The molecule has 0 saturated heterocycles. The number of fused-ring (bicyclic) bond motifs is 1. The summed E-state index contributed by atoms with van der Waals surface area (Å²) >= 11 is 4.10. The largest absolute Gasteiger partial charge is 0.345 e. The minimum atomic E-state index is 0.799. The number of aromatic amines is 1. The number of aromatic nitrogens is 2. The number of hydrogen-bond donors (Lipinski definition) is 2. The van der Waals surface area contributed by atoms with E-state index in [9.17, 15) is 0 Å². The molecule has 0 unspecified atom stereocenters. The maximum absolute atomic E-state index is 4.19. The van der Waals surface area contributed by atoms with Gasteiger partial charge in [-0.2, -0.15) is 12.6 Å². The first-order chi connectivity index (χ1) is 6.92. The van der Waals surface area contributed by atoms with Crippen molar-refractivity contribution in [1.82, 2.24) is 9.97 Å². The van der Waals surface area contributed by atoms with Crippen molar-refractivity contribution in [3.8, 4) is 11.8 Å². The quantitative estimate of drug-likeness (QED) is 0.539. The molecule has 0 aliphatic rings. The molecule has 0 aliphatic carbocycles. The van der Waals surface area contributed by atoms with Crippen LogP contribution >= 0.6 is 12.6 Å². The first-order valence-corrected chi connectivity index (χ1v) is 5.07. The van der Waals surface area contributed by atoms with Crippen molar-refractivity contribution in [3.05, 3.63) is 30.1 Å². The van der Waals surface area contributed by atoms with E-state index >= 15 is 0 Å². The van der Waals surface area contributed by atoms with E-state index in [1.165, 1.54) is 0 Å². The van der Waals surface area contributed by atoms with Crippen LogP contribution in [0.3, 0.4) is 0 Å². The van der Waals surface area contributed by atoms with Crippen molar-refractivity contribution in [2.75, 3.05) is 5.75 Å². The molecule has 0 atom stereocenters. The highest BCUT2D eigenvalue weighted by Crippen LogP contribution is 2.13. The van der Waals surface area contributed by atoms with Crippen molar-refractivity contribution >= 4 is 23.7 Å². The van der Waals surface area contributed by atoms with Crippen molar-refractivity contribution < 1.29 is 0 Å². The summed E-state index contributed by atoms with van der Waals surface area (Å²) in [5.41, 5.74) is 1.90. The van der Waals surface area contributed by atoms with Crippen molar-refractivity contribution in [1.29, 1.82) is 0 Å². The average molecular weight is 202 g/mol. The molecule has 2 aromatic rings. The molecule has 14 heavy (non-hydrogen) atoms. The smallest absolute Gasteiger partial charge is 0.138 e. The molecule has 2 aromatic heterocycles. The molecule has 0 saturated carbocycles. The third kappa shape index (κ3) is 1.75. The maximum Gasteiger partial charge on any atom is 0.138 e. The monoisotopic (exact) mass is 202 g/mol. The average Bonchev–Trinajstić information content (AvgIpc) is 2.63. The molecule has 0 bridgehead atoms. The van der Waals surface area contributed by atoms with Crippen LogP contribution in [0.15, 0.2) is 24.5 Å². The molecule has 70 valence electrons. The number of pyridine rings is 1. The number of hydrogen-bond acceptors (Lipinski definition) is 2. The summed E-state index contributed by atoms with van der Waals surface area (Å²) in [7, 11) is 0. The van der Waals surface area contributed by atoms with Crippen LogP contribution in [0.25, 0.3) is 11.0 Å². The summed E-state index contributed by atoms with van der Waals surface area (Å²) < 4.78 is 0. The Morgan fingerprint density at radius 3 is 3.29 bits per heavy atom. The third-order valence-corrected chi connectivity index (χ3v) is 2.13. The second-order valence-electron chi connectivity index (χ2n) is 2.88. The van der Waals surface area contributed by atoms with Gasteiger partial charge in [-0.3, -0.25) is 0 Å². The number of H-pyrrole nitrogens is 1. The van der Waals surface area contributed by atoms with E-state index in [0.29, 0.717) is 0 Å². The Kier molecular flexibility index (Phi) is 2.76. The summed E-state index contributed by atoms with van der Waals surface area (Å²) in [6.07, 6.45) is 4.48. The fraction of sp³-hybridized carbons (Fsp3) is 0.182. The minimum Gasteiger partial charge on any atom is -0.345 e. The number of nitrogens with zero attached hydrogens (tertiary/aromatic N) is 1. The lowest BCUT2D eigenvalue weighted by atomic mass is 10.2. The molecule has 0 radical (unpaired) electrons. The van der Waals surface area contributed by atoms with Crippen LogP contribution in [-0.2, 0) is 0 Å². The van der Waals surface area contributed by atoms with E-state index in [0.717, 1.165) is 28.8 Å². The van der Waals surface area contributed by atoms with Crippen LogP contribution in [0, 0.1) is 11.8 Å². The molecule has 2 nitrogen and oxygen atoms in total. The summed E-state index contributed by atoms with van der Waals surface area (Å²) in [4.78, 5) is 7.27. The number of nitrogens with one attached hydrogen (secondary N) is 1. The Morgan fingerprint density at radius 2 is 2.43 bits per heavy atom. The van der Waals surface area contributed by atoms with E-state index < -0.39 is 0 Å². The highest BCUT2D eigenvalue weighted by atomic mass is 32.1. The lowest BCUT2D eigenvalue weighted by molar-refractivity contribution is 1.31. The molecular formula is C11H10N2S. The molecule has 0 fully saturated rings. The minimum absolute atomic E-state index is 0.799. The van der Waals surface area contributed by atoms with Gasteiger partial charge < -0.3 is 4.98 Å². The zero-order chi connectivity index (χ0) is 9.80. The second-order valence-corrected chi connectivity index (χ2v) is 3.32. The zero-order valence-corrected chi connectivity index (χ0v) is 8.51. The zero-order valence-electron chi connectivity index (χ0n) is 7.62. The molecule has 0 spiro atoms. The van der Waals surface area contributed by atoms with E-state index in [2.05, 4.69) is 34.4 Å². The third-order valence-electron chi connectivity index (χ3n) is 1.91. The molecule has 1 N–H and O–H groups in total.